The van der Waals surface area contributed by atoms with E-state index >= 15 is 0 Å². The van der Waals surface area contributed by atoms with E-state index in [-0.39, 0.29) is 0 Å². The van der Waals surface area contributed by atoms with E-state index in [1.165, 1.54) is 52.2 Å². The summed E-state index contributed by atoms with van der Waals surface area (Å²) in [6.07, 6.45) is 0. The van der Waals surface area contributed by atoms with Gasteiger partial charge in [0.05, 0.1) is 59.7 Å². The van der Waals surface area contributed by atoms with E-state index < -0.39 is 0 Å². The predicted octanol–water partition coefficient (Wildman–Crippen LogP) is 20.4. The van der Waals surface area contributed by atoms with Crippen molar-refractivity contribution >= 4 is 144 Å². The molecule has 75 heavy (non-hydrogen) atoms. The third kappa shape index (κ3) is 5.83. The molecule has 5 aromatic heterocycles. The van der Waals surface area contributed by atoms with E-state index in [9.17, 15) is 11.8 Å². The molecule has 0 fully saturated rings. The van der Waals surface area contributed by atoms with Crippen LogP contribution in [0.5, 0.6) is 0 Å². The van der Waals surface area contributed by atoms with Crippen molar-refractivity contribution in [3.8, 4) is 50.8 Å². The van der Waals surface area contributed by atoms with Crippen molar-refractivity contribution in [2.75, 3.05) is 0 Å². The van der Waals surface area contributed by atoms with E-state index in [2.05, 4.69) is 215 Å². The quantitative estimate of drug-likeness (QED) is 0.158. The first-order valence-corrected chi connectivity index (χ1v) is 27.4. The molecule has 16 aromatic rings. The zero-order chi connectivity index (χ0) is 49.5. The average molecular weight is 1010 g/mol. The summed E-state index contributed by atoms with van der Waals surface area (Å²) in [5, 5.41) is 23.8. The molecule has 7 heteroatoms. The Morgan fingerprint density at radius 2 is 0.827 bits per heavy atom. The molecule has 0 spiro atoms. The lowest BCUT2D eigenvalue weighted by atomic mass is 9.88. The van der Waals surface area contributed by atoms with Crippen LogP contribution in [0.25, 0.3) is 154 Å². The van der Waals surface area contributed by atoms with Crippen molar-refractivity contribution in [3.05, 3.63) is 235 Å². The molecule has 0 saturated heterocycles. The fraction of sp³-hybridized carbons (Fsp3) is 0. The van der Waals surface area contributed by atoms with Crippen LogP contribution >= 0.6 is 34.0 Å². The number of fused-ring (bicyclic) bond motifs is 18. The first kappa shape index (κ1) is 42.2. The summed E-state index contributed by atoms with van der Waals surface area (Å²) in [6, 6.07) is 80.6. The minimum atomic E-state index is 0.427. The van der Waals surface area contributed by atoms with Crippen molar-refractivity contribution in [1.29, 1.82) is 5.26 Å². The van der Waals surface area contributed by atoms with Gasteiger partial charge in [0.1, 0.15) is 6.07 Å². The molecule has 0 bridgehead atoms. The Kier molecular flexibility index (Phi) is 9.05. The summed E-state index contributed by atoms with van der Waals surface area (Å²) >= 11 is 5.42. The molecule has 4 nitrogen and oxygen atoms in total. The van der Waals surface area contributed by atoms with Crippen molar-refractivity contribution in [1.82, 2.24) is 9.13 Å². The summed E-state index contributed by atoms with van der Waals surface area (Å²) in [5.41, 5.74) is 12.0. The highest BCUT2D eigenvalue weighted by atomic mass is 32.1. The lowest BCUT2D eigenvalue weighted by molar-refractivity contribution is 1.14. The second kappa shape index (κ2) is 16.1. The van der Waals surface area contributed by atoms with Crippen LogP contribution < -0.4 is 0 Å². The number of aromatic nitrogens is 2. The van der Waals surface area contributed by atoms with E-state index in [0.29, 0.717) is 16.8 Å². The Labute approximate surface area is 441 Å². The third-order valence-electron chi connectivity index (χ3n) is 15.4. The van der Waals surface area contributed by atoms with Gasteiger partial charge in [0.25, 0.3) is 0 Å². The smallest absolute Gasteiger partial charge is 0.220 e. The van der Waals surface area contributed by atoms with Crippen LogP contribution in [-0.2, 0) is 0 Å². The highest BCUT2D eigenvalue weighted by molar-refractivity contribution is 7.27. The Morgan fingerprint density at radius 1 is 0.373 bits per heavy atom. The van der Waals surface area contributed by atoms with Crippen LogP contribution in [0.15, 0.2) is 218 Å². The minimum Gasteiger partial charge on any atom is -0.316 e. The van der Waals surface area contributed by atoms with Gasteiger partial charge < -0.3 is 9.13 Å². The highest BCUT2D eigenvalue weighted by Crippen LogP contribution is 2.56. The number of para-hydroxylation sites is 1. The molecule has 0 amide bonds. The van der Waals surface area contributed by atoms with Crippen LogP contribution in [0.4, 0.5) is 5.69 Å². The van der Waals surface area contributed by atoms with E-state index in [0.717, 1.165) is 91.2 Å². The summed E-state index contributed by atoms with van der Waals surface area (Å²) in [6.45, 7) is 9.60. The van der Waals surface area contributed by atoms with Gasteiger partial charge in [-0.1, -0.05) is 194 Å². The van der Waals surface area contributed by atoms with E-state index in [4.69, 9.17) is 4.85 Å². The zero-order valence-electron chi connectivity index (χ0n) is 39.8. The van der Waals surface area contributed by atoms with Crippen molar-refractivity contribution in [3.63, 3.8) is 0 Å². The fourth-order valence-corrected chi connectivity index (χ4v) is 16.1. The number of nitriles is 1. The maximum atomic E-state index is 12.2. The molecule has 0 aliphatic heterocycles. The molecule has 0 aliphatic rings. The molecule has 0 N–H and O–H groups in total. The van der Waals surface area contributed by atoms with Gasteiger partial charge in [-0.25, -0.2) is 4.85 Å². The molecular formula is C68H36N4S3. The molecule has 0 unspecified atom stereocenters. The number of benzene rings is 11. The van der Waals surface area contributed by atoms with Gasteiger partial charge in [0, 0.05) is 79.1 Å². The summed E-state index contributed by atoms with van der Waals surface area (Å²) < 4.78 is 11.9. The number of hydrogen-bond donors (Lipinski definition) is 0. The maximum absolute atomic E-state index is 12.2. The van der Waals surface area contributed by atoms with Gasteiger partial charge in [0.15, 0.2) is 0 Å². The second-order valence-electron chi connectivity index (χ2n) is 19.2. The molecular weight excluding hydrogens is 969 g/mol. The number of nitrogens with zero attached hydrogens (tertiary/aromatic N) is 4. The Morgan fingerprint density at radius 3 is 1.43 bits per heavy atom. The monoisotopic (exact) mass is 1000 g/mol. The topological polar surface area (TPSA) is 38.0 Å². The zero-order valence-corrected chi connectivity index (χ0v) is 42.2. The normalized spacial score (nSPS) is 12.0. The fourth-order valence-electron chi connectivity index (χ4n) is 12.3. The minimum absolute atomic E-state index is 0.427. The first-order chi connectivity index (χ1) is 37.2. The van der Waals surface area contributed by atoms with Crippen LogP contribution in [-0.4, -0.2) is 9.13 Å². The van der Waals surface area contributed by atoms with Gasteiger partial charge in [-0.2, -0.15) is 5.26 Å². The van der Waals surface area contributed by atoms with Crippen LogP contribution in [0.2, 0.25) is 0 Å². The predicted molar refractivity (Wildman–Crippen MR) is 321 cm³/mol. The Balaban J connectivity index is 1.19. The van der Waals surface area contributed by atoms with Crippen molar-refractivity contribution < 1.29 is 0 Å². The summed E-state index contributed by atoms with van der Waals surface area (Å²) in [7, 11) is 0. The lowest BCUT2D eigenvalue weighted by Gasteiger charge is -2.26. The Bertz CT molecular complexity index is 5070. The van der Waals surface area contributed by atoms with Gasteiger partial charge in [0.2, 0.25) is 5.69 Å². The number of thiophene rings is 3. The van der Waals surface area contributed by atoms with Gasteiger partial charge in [-0.05, 0) is 46.5 Å². The largest absolute Gasteiger partial charge is 0.316 e. The summed E-state index contributed by atoms with van der Waals surface area (Å²) in [5.74, 6) is 0. The molecule has 346 valence electrons. The number of rotatable bonds is 5. The highest BCUT2D eigenvalue weighted by Gasteiger charge is 2.33. The molecule has 11 aromatic carbocycles. The SMILES string of the molecule is [C-]#[N+]c1c(-c2ccccc2)c(C#N)c(-n2c3ccccc3c3ccc4c(sc5cccc(-c6ccccc6)c54)c32)c(-c2ccccc2)c1-n1c2c(ccc3c4ccccc4sc32)c2ccc3c4ccccc4sc3c21. The van der Waals surface area contributed by atoms with Crippen LogP contribution in [0.1, 0.15) is 5.56 Å². The lowest BCUT2D eigenvalue weighted by Crippen LogP contribution is -2.09. The van der Waals surface area contributed by atoms with Crippen LogP contribution in [0, 0.1) is 17.9 Å². The van der Waals surface area contributed by atoms with Crippen molar-refractivity contribution in [2.45, 2.75) is 0 Å². The molecule has 0 radical (unpaired) electrons. The average Bonchev–Trinajstić information content (AvgIpc) is 4.46. The first-order valence-electron chi connectivity index (χ1n) is 24.9. The molecule has 5 heterocycles. The van der Waals surface area contributed by atoms with E-state index in [1.54, 1.807) is 34.0 Å². The van der Waals surface area contributed by atoms with E-state index in [1.807, 2.05) is 18.2 Å². The van der Waals surface area contributed by atoms with Crippen LogP contribution in [0.3, 0.4) is 0 Å². The standard InChI is InChI=1S/C68H36N4S3/c1-70-60-57(40-20-7-3-8-21-40)52(38-69)61(71-53-28-14-11-24-43(53)46-34-37-51-59-42(39-18-5-2-6-19-39)27-17-31-56(59)75-68(51)62(46)71)58(41-22-9-4-10-23-41)65(60)72-63-47(32-35-49-44-25-12-15-29-54(44)73-66(49)63)48-33-36-50-45-26-13-16-30-55(45)74-67(50)64(48)72/h2-37H. The molecule has 0 atom stereocenters. The number of hydrogen-bond acceptors (Lipinski definition) is 4. The molecule has 0 saturated carbocycles. The maximum Gasteiger partial charge on any atom is 0.220 e. The van der Waals surface area contributed by atoms with Crippen molar-refractivity contribution in [2.24, 2.45) is 0 Å². The summed E-state index contributed by atoms with van der Waals surface area (Å²) in [4.78, 5) is 4.70. The van der Waals surface area contributed by atoms with Gasteiger partial charge in [-0.3, -0.25) is 0 Å². The molecule has 16 rings (SSSR count). The molecule has 0 aliphatic carbocycles. The third-order valence-corrected chi connectivity index (χ3v) is 18.9. The van der Waals surface area contributed by atoms with Gasteiger partial charge in [-0.15, -0.1) is 34.0 Å². The Hall–Kier alpha value is -9.34. The van der Waals surface area contributed by atoms with Gasteiger partial charge >= 0.3 is 0 Å². The second-order valence-corrected chi connectivity index (χ2v) is 22.3.